The monoisotopic (exact) mass is 296 g/mol. The number of nitrogens with zero attached hydrogens (tertiary/aromatic N) is 1. The van der Waals surface area contributed by atoms with E-state index in [9.17, 15) is 9.59 Å². The number of carbonyl (C=O) groups is 1. The summed E-state index contributed by atoms with van der Waals surface area (Å²) in [5, 5.41) is 11.4. The SMILES string of the molecule is O=C(O)Cc1c[nH]n(-c2cccc(Br)c2)c1=O. The van der Waals surface area contributed by atoms with Gasteiger partial charge in [0.05, 0.1) is 12.1 Å². The molecule has 0 radical (unpaired) electrons. The van der Waals surface area contributed by atoms with Gasteiger partial charge in [0, 0.05) is 16.2 Å². The molecule has 0 aliphatic rings. The van der Waals surface area contributed by atoms with Gasteiger partial charge in [-0.25, -0.2) is 4.68 Å². The van der Waals surface area contributed by atoms with E-state index in [4.69, 9.17) is 5.11 Å². The smallest absolute Gasteiger partial charge is 0.308 e. The topological polar surface area (TPSA) is 75.1 Å². The van der Waals surface area contributed by atoms with Crippen molar-refractivity contribution in [3.05, 3.63) is 50.9 Å². The number of H-pyrrole nitrogens is 1. The number of carboxylic acids is 1. The second kappa shape index (κ2) is 4.58. The van der Waals surface area contributed by atoms with Crippen molar-refractivity contribution >= 4 is 21.9 Å². The third-order valence-corrected chi connectivity index (χ3v) is 2.75. The van der Waals surface area contributed by atoms with Gasteiger partial charge in [0.2, 0.25) is 0 Å². The summed E-state index contributed by atoms with van der Waals surface area (Å²) in [5.74, 6) is -1.03. The molecule has 0 unspecified atom stereocenters. The first kappa shape index (κ1) is 11.7. The lowest BCUT2D eigenvalue weighted by molar-refractivity contribution is -0.136. The Balaban J connectivity index is 2.44. The fraction of sp³-hybridized carbons (Fsp3) is 0.0909. The van der Waals surface area contributed by atoms with Crippen LogP contribution in [0.4, 0.5) is 0 Å². The highest BCUT2D eigenvalue weighted by Gasteiger charge is 2.10. The number of hydrogen-bond acceptors (Lipinski definition) is 2. The van der Waals surface area contributed by atoms with Gasteiger partial charge in [-0.05, 0) is 18.2 Å². The first-order valence-electron chi connectivity index (χ1n) is 4.85. The van der Waals surface area contributed by atoms with Crippen LogP contribution in [0.2, 0.25) is 0 Å². The number of benzene rings is 1. The van der Waals surface area contributed by atoms with E-state index in [0.29, 0.717) is 5.69 Å². The van der Waals surface area contributed by atoms with Crippen LogP contribution in [0.15, 0.2) is 39.7 Å². The highest BCUT2D eigenvalue weighted by atomic mass is 79.9. The van der Waals surface area contributed by atoms with Gasteiger partial charge in [-0.3, -0.25) is 14.7 Å². The van der Waals surface area contributed by atoms with Crippen molar-refractivity contribution in [1.82, 2.24) is 9.78 Å². The number of halogens is 1. The summed E-state index contributed by atoms with van der Waals surface area (Å²) < 4.78 is 2.15. The Labute approximate surface area is 105 Å². The van der Waals surface area contributed by atoms with Gasteiger partial charge in [0.15, 0.2) is 0 Å². The summed E-state index contributed by atoms with van der Waals surface area (Å²) in [6.45, 7) is 0. The number of hydrogen-bond donors (Lipinski definition) is 2. The molecule has 17 heavy (non-hydrogen) atoms. The maximum absolute atomic E-state index is 11.9. The average Bonchev–Trinajstić information content (AvgIpc) is 2.60. The summed E-state index contributed by atoms with van der Waals surface area (Å²) in [4.78, 5) is 22.4. The molecule has 2 aromatic rings. The minimum atomic E-state index is -1.03. The molecule has 1 heterocycles. The van der Waals surface area contributed by atoms with Crippen molar-refractivity contribution in [2.45, 2.75) is 6.42 Å². The van der Waals surface area contributed by atoms with Crippen molar-refractivity contribution in [2.75, 3.05) is 0 Å². The minimum absolute atomic E-state index is 0.234. The fourth-order valence-electron chi connectivity index (χ4n) is 1.50. The lowest BCUT2D eigenvalue weighted by Gasteiger charge is -2.01. The van der Waals surface area contributed by atoms with E-state index in [-0.39, 0.29) is 17.5 Å². The number of carboxylic acid groups (broad SMARTS) is 1. The molecule has 2 N–H and O–H groups in total. The normalized spacial score (nSPS) is 10.4. The first-order chi connectivity index (χ1) is 8.08. The molecule has 0 saturated heterocycles. The first-order valence-corrected chi connectivity index (χ1v) is 5.64. The largest absolute Gasteiger partial charge is 0.481 e. The van der Waals surface area contributed by atoms with Crippen LogP contribution in [-0.4, -0.2) is 20.9 Å². The van der Waals surface area contributed by atoms with E-state index >= 15 is 0 Å². The summed E-state index contributed by atoms with van der Waals surface area (Å²) in [6, 6.07) is 7.16. The molecular weight excluding hydrogens is 288 g/mol. The maximum atomic E-state index is 11.9. The van der Waals surface area contributed by atoms with E-state index < -0.39 is 5.97 Å². The molecule has 5 nitrogen and oxygen atoms in total. The zero-order valence-electron chi connectivity index (χ0n) is 8.68. The van der Waals surface area contributed by atoms with Crippen molar-refractivity contribution in [3.8, 4) is 5.69 Å². The molecule has 1 aromatic carbocycles. The number of rotatable bonds is 3. The van der Waals surface area contributed by atoms with E-state index in [1.165, 1.54) is 10.9 Å². The second-order valence-electron chi connectivity index (χ2n) is 3.49. The van der Waals surface area contributed by atoms with Crippen LogP contribution in [-0.2, 0) is 11.2 Å². The van der Waals surface area contributed by atoms with Crippen molar-refractivity contribution in [3.63, 3.8) is 0 Å². The van der Waals surface area contributed by atoms with E-state index in [0.717, 1.165) is 4.47 Å². The quantitative estimate of drug-likeness (QED) is 0.902. The van der Waals surface area contributed by atoms with Crippen LogP contribution in [0.1, 0.15) is 5.56 Å². The second-order valence-corrected chi connectivity index (χ2v) is 4.41. The molecule has 1 aromatic heterocycles. The molecule has 0 atom stereocenters. The third-order valence-electron chi connectivity index (χ3n) is 2.25. The minimum Gasteiger partial charge on any atom is -0.481 e. The Bertz CT molecular complexity index is 615. The van der Waals surface area contributed by atoms with Crippen molar-refractivity contribution in [1.29, 1.82) is 0 Å². The summed E-state index contributed by atoms with van der Waals surface area (Å²) >= 11 is 3.31. The number of aliphatic carboxylic acids is 1. The van der Waals surface area contributed by atoms with Gasteiger partial charge in [-0.15, -0.1) is 0 Å². The van der Waals surface area contributed by atoms with Crippen LogP contribution in [0, 0.1) is 0 Å². The van der Waals surface area contributed by atoms with Crippen molar-refractivity contribution in [2.24, 2.45) is 0 Å². The van der Waals surface area contributed by atoms with Gasteiger partial charge in [0.1, 0.15) is 0 Å². The van der Waals surface area contributed by atoms with E-state index in [1.807, 2.05) is 6.07 Å². The molecule has 0 amide bonds. The van der Waals surface area contributed by atoms with E-state index in [1.54, 1.807) is 18.2 Å². The molecule has 0 bridgehead atoms. The zero-order chi connectivity index (χ0) is 12.4. The highest BCUT2D eigenvalue weighted by molar-refractivity contribution is 9.10. The summed E-state index contributed by atoms with van der Waals surface area (Å²) in [7, 11) is 0. The van der Waals surface area contributed by atoms with Crippen LogP contribution in [0.5, 0.6) is 0 Å². The molecule has 6 heteroatoms. The number of aromatic nitrogens is 2. The lowest BCUT2D eigenvalue weighted by Crippen LogP contribution is -2.19. The van der Waals surface area contributed by atoms with Gasteiger partial charge in [-0.2, -0.15) is 0 Å². The predicted molar refractivity (Wildman–Crippen MR) is 65.4 cm³/mol. The highest BCUT2D eigenvalue weighted by Crippen LogP contribution is 2.13. The Morgan fingerprint density at radius 2 is 2.24 bits per heavy atom. The van der Waals surface area contributed by atoms with Crippen LogP contribution < -0.4 is 5.56 Å². The zero-order valence-corrected chi connectivity index (χ0v) is 10.3. The molecule has 0 fully saturated rings. The Hall–Kier alpha value is -1.82. The van der Waals surface area contributed by atoms with Gasteiger partial charge in [-0.1, -0.05) is 22.0 Å². The van der Waals surface area contributed by atoms with Crippen LogP contribution >= 0.6 is 15.9 Å². The number of nitrogens with one attached hydrogen (secondary N) is 1. The molecular formula is C11H9BrN2O3. The Morgan fingerprint density at radius 1 is 1.47 bits per heavy atom. The average molecular weight is 297 g/mol. The molecule has 0 aliphatic carbocycles. The van der Waals surface area contributed by atoms with Crippen molar-refractivity contribution < 1.29 is 9.90 Å². The maximum Gasteiger partial charge on any atom is 0.308 e. The van der Waals surface area contributed by atoms with Gasteiger partial charge in [0.25, 0.3) is 5.56 Å². The Kier molecular flexibility index (Phi) is 3.14. The predicted octanol–water partition coefficient (Wildman–Crippen LogP) is 1.56. The third kappa shape index (κ3) is 2.47. The number of aromatic amines is 1. The van der Waals surface area contributed by atoms with Crippen LogP contribution in [0.25, 0.3) is 5.69 Å². The summed E-state index contributed by atoms with van der Waals surface area (Å²) in [5.41, 5.74) is 0.545. The molecule has 0 saturated carbocycles. The molecule has 2 rings (SSSR count). The standard InChI is InChI=1S/C11H9BrN2O3/c12-8-2-1-3-9(5-8)14-11(17)7(6-13-14)4-10(15)16/h1-3,5-6,13H,4H2,(H,15,16). The van der Waals surface area contributed by atoms with E-state index in [2.05, 4.69) is 21.0 Å². The Morgan fingerprint density at radius 3 is 2.88 bits per heavy atom. The van der Waals surface area contributed by atoms with Gasteiger partial charge >= 0.3 is 5.97 Å². The fourth-order valence-corrected chi connectivity index (χ4v) is 1.89. The van der Waals surface area contributed by atoms with Crippen LogP contribution in [0.3, 0.4) is 0 Å². The molecule has 88 valence electrons. The summed E-state index contributed by atoms with van der Waals surface area (Å²) in [6.07, 6.45) is 1.13. The molecule has 0 aliphatic heterocycles. The van der Waals surface area contributed by atoms with Gasteiger partial charge < -0.3 is 5.11 Å². The lowest BCUT2D eigenvalue weighted by atomic mass is 10.2. The molecule has 0 spiro atoms.